The zero-order chi connectivity index (χ0) is 21.9. The number of alkyl halides is 3. The average molecular weight is 441 g/mol. The van der Waals surface area contributed by atoms with Crippen LogP contribution in [0.25, 0.3) is 0 Å². The van der Waals surface area contributed by atoms with E-state index in [1.54, 1.807) is 16.1 Å². The molecule has 0 bridgehead atoms. The van der Waals surface area contributed by atoms with Gasteiger partial charge in [-0.15, -0.1) is 10.2 Å². The summed E-state index contributed by atoms with van der Waals surface area (Å²) < 4.78 is 39.9. The Bertz CT molecular complexity index is 890. The molecule has 3 rings (SSSR count). The lowest BCUT2D eigenvalue weighted by Crippen LogP contribution is -2.51. The molecule has 7 nitrogen and oxygen atoms in total. The minimum absolute atomic E-state index is 0.0556. The fourth-order valence-electron chi connectivity index (χ4n) is 3.05. The Morgan fingerprint density at radius 2 is 1.67 bits per heavy atom. The van der Waals surface area contributed by atoms with Crippen molar-refractivity contribution in [3.63, 3.8) is 0 Å². The van der Waals surface area contributed by atoms with Gasteiger partial charge in [0.05, 0.1) is 11.3 Å². The monoisotopic (exact) mass is 441 g/mol. The third-order valence-electron chi connectivity index (χ3n) is 4.80. The van der Waals surface area contributed by atoms with E-state index in [-0.39, 0.29) is 29.2 Å². The largest absolute Gasteiger partial charge is 0.416 e. The van der Waals surface area contributed by atoms with Gasteiger partial charge in [-0.25, -0.2) is 0 Å². The maximum Gasteiger partial charge on any atom is 0.416 e. The molecule has 162 valence electrons. The van der Waals surface area contributed by atoms with Crippen LogP contribution >= 0.6 is 11.8 Å². The first-order valence-corrected chi connectivity index (χ1v) is 10.4. The Morgan fingerprint density at radius 1 is 1.07 bits per heavy atom. The Morgan fingerprint density at radius 3 is 2.23 bits per heavy atom. The number of benzene rings is 1. The number of amides is 2. The van der Waals surface area contributed by atoms with Gasteiger partial charge in [-0.05, 0) is 38.1 Å². The topological polar surface area (TPSA) is 71.3 Å². The first-order valence-electron chi connectivity index (χ1n) is 9.43. The number of aromatic nitrogens is 3. The van der Waals surface area contributed by atoms with Gasteiger partial charge in [0.15, 0.2) is 5.16 Å². The van der Waals surface area contributed by atoms with E-state index in [4.69, 9.17) is 0 Å². The number of hydrogen-bond donors (Lipinski definition) is 0. The minimum atomic E-state index is -4.44. The number of thioether (sulfide) groups is 1. The van der Waals surface area contributed by atoms with Crippen LogP contribution in [0.2, 0.25) is 0 Å². The van der Waals surface area contributed by atoms with Gasteiger partial charge < -0.3 is 14.4 Å². The summed E-state index contributed by atoms with van der Waals surface area (Å²) in [4.78, 5) is 28.3. The summed E-state index contributed by atoms with van der Waals surface area (Å²) in [5.74, 6) is -0.173. The van der Waals surface area contributed by atoms with Crippen LogP contribution in [0.5, 0.6) is 0 Å². The fourth-order valence-corrected chi connectivity index (χ4v) is 4.00. The lowest BCUT2D eigenvalue weighted by molar-refractivity contribution is -0.137. The molecule has 1 aliphatic heterocycles. The van der Waals surface area contributed by atoms with Gasteiger partial charge in [-0.3, -0.25) is 9.59 Å². The van der Waals surface area contributed by atoms with Crippen LogP contribution < -0.4 is 0 Å². The molecule has 0 spiro atoms. The molecule has 2 heterocycles. The van der Waals surface area contributed by atoms with Crippen molar-refractivity contribution >= 4 is 23.6 Å². The molecule has 0 atom stereocenters. The van der Waals surface area contributed by atoms with Crippen LogP contribution in [0.4, 0.5) is 13.2 Å². The lowest BCUT2D eigenvalue weighted by Gasteiger charge is -2.34. The first kappa shape index (κ1) is 22.1. The summed E-state index contributed by atoms with van der Waals surface area (Å²) in [5.41, 5.74) is -0.591. The second-order valence-electron chi connectivity index (χ2n) is 7.15. The molecule has 2 aromatic rings. The molecule has 1 aromatic carbocycles. The second kappa shape index (κ2) is 9.07. The molecule has 30 heavy (non-hydrogen) atoms. The van der Waals surface area contributed by atoms with Crippen molar-refractivity contribution < 1.29 is 22.8 Å². The maximum absolute atomic E-state index is 12.7. The fraction of sp³-hybridized carbons (Fsp3) is 0.474. The number of rotatable bonds is 5. The zero-order valence-corrected chi connectivity index (χ0v) is 17.4. The molecule has 0 radical (unpaired) electrons. The molecule has 11 heteroatoms. The zero-order valence-electron chi connectivity index (χ0n) is 16.6. The van der Waals surface area contributed by atoms with Gasteiger partial charge in [0.25, 0.3) is 5.91 Å². The van der Waals surface area contributed by atoms with E-state index in [2.05, 4.69) is 10.2 Å². The normalized spacial score (nSPS) is 15.0. The highest BCUT2D eigenvalue weighted by atomic mass is 32.2. The predicted molar refractivity (Wildman–Crippen MR) is 105 cm³/mol. The first-order chi connectivity index (χ1) is 14.2. The summed E-state index contributed by atoms with van der Waals surface area (Å²) in [6.45, 7) is 5.42. The van der Waals surface area contributed by atoms with Gasteiger partial charge in [0.1, 0.15) is 6.33 Å². The molecule has 0 saturated carbocycles. The highest BCUT2D eigenvalue weighted by Crippen LogP contribution is 2.29. The summed E-state index contributed by atoms with van der Waals surface area (Å²) in [5, 5.41) is 8.57. The van der Waals surface area contributed by atoms with E-state index in [0.29, 0.717) is 31.3 Å². The van der Waals surface area contributed by atoms with Crippen LogP contribution in [0, 0.1) is 0 Å². The van der Waals surface area contributed by atoms with Crippen LogP contribution in [-0.2, 0) is 11.0 Å². The Balaban J connectivity index is 1.51. The quantitative estimate of drug-likeness (QED) is 0.668. The molecule has 1 saturated heterocycles. The minimum Gasteiger partial charge on any atom is -0.338 e. The molecule has 1 fully saturated rings. The van der Waals surface area contributed by atoms with Crippen LogP contribution in [0.1, 0.15) is 35.8 Å². The van der Waals surface area contributed by atoms with Crippen LogP contribution in [0.3, 0.4) is 0 Å². The van der Waals surface area contributed by atoms with E-state index in [0.717, 1.165) is 12.1 Å². The van der Waals surface area contributed by atoms with Gasteiger partial charge in [-0.2, -0.15) is 13.2 Å². The summed E-state index contributed by atoms with van der Waals surface area (Å²) >= 11 is 1.32. The van der Waals surface area contributed by atoms with Crippen molar-refractivity contribution in [1.29, 1.82) is 0 Å². The Kier molecular flexibility index (Phi) is 6.69. The van der Waals surface area contributed by atoms with Gasteiger partial charge in [0, 0.05) is 37.8 Å². The lowest BCUT2D eigenvalue weighted by atomic mass is 10.1. The number of carbonyl (C=O) groups excluding carboxylic acids is 2. The molecule has 0 unspecified atom stereocenters. The van der Waals surface area contributed by atoms with Gasteiger partial charge >= 0.3 is 6.18 Å². The van der Waals surface area contributed by atoms with Gasteiger partial charge in [0.2, 0.25) is 5.91 Å². The van der Waals surface area contributed by atoms with E-state index < -0.39 is 11.7 Å². The maximum atomic E-state index is 12.7. The van der Waals surface area contributed by atoms with Crippen molar-refractivity contribution in [3.05, 3.63) is 41.7 Å². The predicted octanol–water partition coefficient (Wildman–Crippen LogP) is 2.95. The third-order valence-corrected chi connectivity index (χ3v) is 5.74. The Labute approximate surface area is 176 Å². The van der Waals surface area contributed by atoms with E-state index in [1.165, 1.54) is 23.9 Å². The number of hydrogen-bond acceptors (Lipinski definition) is 5. The van der Waals surface area contributed by atoms with Crippen molar-refractivity contribution in [3.8, 4) is 0 Å². The van der Waals surface area contributed by atoms with Crippen molar-refractivity contribution in [2.45, 2.75) is 31.2 Å². The third kappa shape index (κ3) is 5.13. The molecular formula is C19H22F3N5O2S. The SMILES string of the molecule is CC(C)n1cnnc1SCC(=O)N1CCN(C(=O)c2ccc(C(F)(F)F)cc2)CC1. The average Bonchev–Trinajstić information content (AvgIpc) is 3.20. The summed E-state index contributed by atoms with van der Waals surface area (Å²) in [6.07, 6.45) is -2.81. The second-order valence-corrected chi connectivity index (χ2v) is 8.09. The summed E-state index contributed by atoms with van der Waals surface area (Å²) in [6, 6.07) is 4.37. The van der Waals surface area contributed by atoms with Crippen LogP contribution in [-0.4, -0.2) is 68.3 Å². The van der Waals surface area contributed by atoms with Crippen LogP contribution in [0.15, 0.2) is 35.7 Å². The molecule has 0 aliphatic carbocycles. The molecule has 0 N–H and O–H groups in total. The van der Waals surface area contributed by atoms with Crippen molar-refractivity contribution in [2.24, 2.45) is 0 Å². The molecule has 1 aromatic heterocycles. The Hall–Kier alpha value is -2.56. The number of nitrogens with zero attached hydrogens (tertiary/aromatic N) is 5. The smallest absolute Gasteiger partial charge is 0.338 e. The number of carbonyl (C=O) groups is 2. The van der Waals surface area contributed by atoms with Gasteiger partial charge in [-0.1, -0.05) is 11.8 Å². The van der Waals surface area contributed by atoms with E-state index in [1.807, 2.05) is 18.4 Å². The van der Waals surface area contributed by atoms with Crippen molar-refractivity contribution in [2.75, 3.05) is 31.9 Å². The number of halogens is 3. The van der Waals surface area contributed by atoms with Crippen molar-refractivity contribution in [1.82, 2.24) is 24.6 Å². The standard InChI is InChI=1S/C19H22F3N5O2S/c1-13(2)27-12-23-24-18(27)30-11-16(28)25-7-9-26(10-8-25)17(29)14-3-5-15(6-4-14)19(20,21)22/h3-6,12-13H,7-11H2,1-2H3. The highest BCUT2D eigenvalue weighted by molar-refractivity contribution is 7.99. The molecule has 1 aliphatic rings. The molecule has 2 amide bonds. The molecular weight excluding hydrogens is 419 g/mol. The van der Waals surface area contributed by atoms with E-state index >= 15 is 0 Å². The summed E-state index contributed by atoms with van der Waals surface area (Å²) in [7, 11) is 0. The van der Waals surface area contributed by atoms with E-state index in [9.17, 15) is 22.8 Å². The number of piperazine rings is 1. The highest BCUT2D eigenvalue weighted by Gasteiger charge is 2.31.